The number of ether oxygens (including phenoxy) is 1. The fourth-order valence-electron chi connectivity index (χ4n) is 3.59. The number of aromatic nitrogens is 1. The van der Waals surface area contributed by atoms with Gasteiger partial charge < -0.3 is 10.1 Å². The number of rotatable bonds is 6. The van der Waals surface area contributed by atoms with Gasteiger partial charge in [0.1, 0.15) is 0 Å². The van der Waals surface area contributed by atoms with Crippen molar-refractivity contribution in [1.82, 2.24) is 10.3 Å². The van der Waals surface area contributed by atoms with Crippen molar-refractivity contribution >= 4 is 33.4 Å². The van der Waals surface area contributed by atoms with Crippen LogP contribution in [0.3, 0.4) is 0 Å². The number of amides is 1. The smallest absolute Gasteiger partial charge is 0.306 e. The lowest BCUT2D eigenvalue weighted by Crippen LogP contribution is -2.34. The first-order chi connectivity index (χ1) is 13.7. The second-order valence-electron chi connectivity index (χ2n) is 6.95. The predicted molar refractivity (Wildman–Crippen MR) is 109 cm³/mol. The van der Waals surface area contributed by atoms with E-state index in [1.807, 2.05) is 36.4 Å². The number of hydrogen-bond donors (Lipinski definition) is 1. The Morgan fingerprint density at radius 3 is 2.86 bits per heavy atom. The van der Waals surface area contributed by atoms with Crippen molar-refractivity contribution in [3.05, 3.63) is 64.7 Å². The average molecular weight is 394 g/mol. The van der Waals surface area contributed by atoms with Gasteiger partial charge in [0.15, 0.2) is 6.61 Å². The van der Waals surface area contributed by atoms with Gasteiger partial charge in [0.25, 0.3) is 5.91 Å². The van der Waals surface area contributed by atoms with E-state index < -0.39 is 0 Å². The molecule has 0 bridgehead atoms. The largest absolute Gasteiger partial charge is 0.456 e. The van der Waals surface area contributed by atoms with Crippen molar-refractivity contribution < 1.29 is 14.3 Å². The fourth-order valence-corrected chi connectivity index (χ4v) is 4.56. The summed E-state index contributed by atoms with van der Waals surface area (Å²) < 4.78 is 6.26. The number of aryl methyl sites for hydroxylation is 2. The Morgan fingerprint density at radius 2 is 1.96 bits per heavy atom. The molecule has 1 atom stereocenters. The Morgan fingerprint density at radius 1 is 1.14 bits per heavy atom. The second kappa shape index (κ2) is 8.52. The average Bonchev–Trinajstić information content (AvgIpc) is 3.14. The molecule has 1 amide bonds. The standard InChI is InChI=1S/C22H22N2O3S/c25-20(23-17-10-5-7-15-6-1-2-8-16(15)17)14-27-22(26)13-12-21-24-18-9-3-4-11-19(18)28-21/h1-4,6,8-9,11,17H,5,7,10,12-14H2,(H,23,25)/t17-/m0/s1. The normalized spacial score (nSPS) is 15.8. The Hall–Kier alpha value is -2.73. The molecule has 0 saturated carbocycles. The first kappa shape index (κ1) is 18.6. The molecular formula is C22H22N2O3S. The number of thiazole rings is 1. The number of esters is 1. The van der Waals surface area contributed by atoms with Crippen molar-refractivity contribution in [2.75, 3.05) is 6.61 Å². The first-order valence-corrected chi connectivity index (χ1v) is 10.4. The molecule has 0 spiro atoms. The van der Waals surface area contributed by atoms with Gasteiger partial charge in [-0.05, 0) is 42.5 Å². The summed E-state index contributed by atoms with van der Waals surface area (Å²) in [5.74, 6) is -0.631. The van der Waals surface area contributed by atoms with E-state index in [2.05, 4.69) is 22.4 Å². The Bertz CT molecular complexity index is 965. The van der Waals surface area contributed by atoms with Gasteiger partial charge in [0, 0.05) is 6.42 Å². The number of carbonyl (C=O) groups is 2. The van der Waals surface area contributed by atoms with Gasteiger partial charge >= 0.3 is 5.97 Å². The summed E-state index contributed by atoms with van der Waals surface area (Å²) in [4.78, 5) is 28.7. The van der Waals surface area contributed by atoms with Crippen LogP contribution in [0.25, 0.3) is 10.2 Å². The maximum Gasteiger partial charge on any atom is 0.306 e. The quantitative estimate of drug-likeness (QED) is 0.643. The number of nitrogens with one attached hydrogen (secondary N) is 1. The molecule has 1 aromatic heterocycles. The Labute approximate surface area is 167 Å². The summed E-state index contributed by atoms with van der Waals surface area (Å²) in [5, 5.41) is 3.90. The SMILES string of the molecule is O=C(COC(=O)CCc1nc2ccccc2s1)N[C@H]1CCCc2ccccc21. The molecule has 0 unspecified atom stereocenters. The van der Waals surface area contributed by atoms with Crippen LogP contribution in [0.1, 0.15) is 41.4 Å². The van der Waals surface area contributed by atoms with Crippen LogP contribution in [0, 0.1) is 0 Å². The molecule has 5 nitrogen and oxygen atoms in total. The topological polar surface area (TPSA) is 68.3 Å². The molecule has 0 fully saturated rings. The van der Waals surface area contributed by atoms with Crippen molar-refractivity contribution in [3.8, 4) is 0 Å². The van der Waals surface area contributed by atoms with Gasteiger partial charge in [0.2, 0.25) is 0 Å². The van der Waals surface area contributed by atoms with Crippen molar-refractivity contribution in [1.29, 1.82) is 0 Å². The van der Waals surface area contributed by atoms with Gasteiger partial charge in [-0.2, -0.15) is 0 Å². The van der Waals surface area contributed by atoms with E-state index in [-0.39, 0.29) is 30.9 Å². The first-order valence-electron chi connectivity index (χ1n) is 9.56. The van der Waals surface area contributed by atoms with Gasteiger partial charge in [-0.3, -0.25) is 9.59 Å². The summed E-state index contributed by atoms with van der Waals surface area (Å²) in [6.45, 7) is -0.239. The summed E-state index contributed by atoms with van der Waals surface area (Å²) >= 11 is 1.58. The van der Waals surface area contributed by atoms with Crippen molar-refractivity contribution in [3.63, 3.8) is 0 Å². The molecule has 2 aromatic carbocycles. The highest BCUT2D eigenvalue weighted by atomic mass is 32.1. The highest BCUT2D eigenvalue weighted by Gasteiger charge is 2.21. The van der Waals surface area contributed by atoms with Crippen molar-refractivity contribution in [2.45, 2.75) is 38.1 Å². The molecular weight excluding hydrogens is 372 g/mol. The van der Waals surface area contributed by atoms with Gasteiger partial charge in [-0.1, -0.05) is 36.4 Å². The highest BCUT2D eigenvalue weighted by molar-refractivity contribution is 7.18. The molecule has 1 aliphatic carbocycles. The number of benzene rings is 2. The molecule has 144 valence electrons. The molecule has 1 heterocycles. The molecule has 28 heavy (non-hydrogen) atoms. The van der Waals surface area contributed by atoms with E-state index in [1.165, 1.54) is 11.1 Å². The predicted octanol–water partition coefficient (Wildman–Crippen LogP) is 3.97. The van der Waals surface area contributed by atoms with Crippen LogP contribution < -0.4 is 5.32 Å². The molecule has 1 aliphatic rings. The van der Waals surface area contributed by atoms with Crippen LogP contribution >= 0.6 is 11.3 Å². The zero-order valence-corrected chi connectivity index (χ0v) is 16.3. The van der Waals surface area contributed by atoms with Crippen LogP contribution in [-0.4, -0.2) is 23.5 Å². The number of para-hydroxylation sites is 1. The van der Waals surface area contributed by atoms with E-state index in [4.69, 9.17) is 4.74 Å². The lowest BCUT2D eigenvalue weighted by Gasteiger charge is -2.26. The Kier molecular flexibility index (Phi) is 5.67. The summed E-state index contributed by atoms with van der Waals surface area (Å²) in [6.07, 6.45) is 3.75. The minimum Gasteiger partial charge on any atom is -0.456 e. The number of nitrogens with zero attached hydrogens (tertiary/aromatic N) is 1. The molecule has 3 aromatic rings. The third-order valence-electron chi connectivity index (χ3n) is 4.95. The summed E-state index contributed by atoms with van der Waals surface area (Å²) in [7, 11) is 0. The van der Waals surface area contributed by atoms with Crippen molar-refractivity contribution in [2.24, 2.45) is 0 Å². The summed E-state index contributed by atoms with van der Waals surface area (Å²) in [6, 6.07) is 16.1. The molecule has 6 heteroatoms. The molecule has 1 N–H and O–H groups in total. The van der Waals surface area contributed by atoms with Crippen LogP contribution in [-0.2, 0) is 27.2 Å². The monoisotopic (exact) mass is 394 g/mol. The lowest BCUT2D eigenvalue weighted by atomic mass is 9.88. The van der Waals surface area contributed by atoms with Gasteiger partial charge in [-0.25, -0.2) is 4.98 Å². The lowest BCUT2D eigenvalue weighted by molar-refractivity contribution is -0.148. The number of hydrogen-bond acceptors (Lipinski definition) is 5. The molecule has 4 rings (SSSR count). The van der Waals surface area contributed by atoms with Crippen LogP contribution in [0.2, 0.25) is 0 Å². The third kappa shape index (κ3) is 4.39. The Balaban J connectivity index is 1.24. The highest BCUT2D eigenvalue weighted by Crippen LogP contribution is 2.29. The second-order valence-corrected chi connectivity index (χ2v) is 8.06. The van der Waals surface area contributed by atoms with E-state index in [0.29, 0.717) is 6.42 Å². The number of fused-ring (bicyclic) bond motifs is 2. The summed E-state index contributed by atoms with van der Waals surface area (Å²) in [5.41, 5.74) is 3.40. The zero-order chi connectivity index (χ0) is 19.3. The maximum absolute atomic E-state index is 12.2. The zero-order valence-electron chi connectivity index (χ0n) is 15.5. The van der Waals surface area contributed by atoms with Gasteiger partial charge in [-0.15, -0.1) is 11.3 Å². The van der Waals surface area contributed by atoms with Crippen LogP contribution in [0.15, 0.2) is 48.5 Å². The van der Waals surface area contributed by atoms with Crippen LogP contribution in [0.4, 0.5) is 0 Å². The molecule has 0 aliphatic heterocycles. The van der Waals surface area contributed by atoms with E-state index >= 15 is 0 Å². The minimum atomic E-state index is -0.376. The molecule has 0 saturated heterocycles. The fraction of sp³-hybridized carbons (Fsp3) is 0.318. The molecule has 0 radical (unpaired) electrons. The van der Waals surface area contributed by atoms with E-state index in [0.717, 1.165) is 34.5 Å². The maximum atomic E-state index is 12.2. The minimum absolute atomic E-state index is 0.00102. The third-order valence-corrected chi connectivity index (χ3v) is 6.05. The van der Waals surface area contributed by atoms with E-state index in [9.17, 15) is 9.59 Å². The number of carbonyl (C=O) groups excluding carboxylic acids is 2. The van der Waals surface area contributed by atoms with Gasteiger partial charge in [0.05, 0.1) is 27.7 Å². The van der Waals surface area contributed by atoms with E-state index in [1.54, 1.807) is 11.3 Å². The van der Waals surface area contributed by atoms with Crippen LogP contribution in [0.5, 0.6) is 0 Å².